The number of azide groups is 1. The van der Waals surface area contributed by atoms with E-state index >= 15 is 0 Å². The number of nitrogens with zero attached hydrogens (tertiary/aromatic N) is 3. The molecule has 5 heteroatoms. The molecule has 68 valence electrons. The molecule has 0 unspecified atom stereocenters. The molecule has 0 saturated carbocycles. The summed E-state index contributed by atoms with van der Waals surface area (Å²) in [5.74, 6) is 0. The quantitative estimate of drug-likeness (QED) is 0.350. The first kappa shape index (κ1) is 10.4. The number of benzene rings is 1. The predicted octanol–water partition coefficient (Wildman–Crippen LogP) is 3.98. The summed E-state index contributed by atoms with van der Waals surface area (Å²) >= 11 is 5.02. The monoisotopic (exact) mass is 257 g/mol. The molecule has 0 heterocycles. The average molecular weight is 258 g/mol. The van der Waals surface area contributed by atoms with Crippen molar-refractivity contribution >= 4 is 27.7 Å². The van der Waals surface area contributed by atoms with Gasteiger partial charge < -0.3 is 0 Å². The third kappa shape index (κ3) is 2.95. The Balaban J connectivity index is 3.00. The first-order valence-electron chi connectivity index (χ1n) is 3.61. The fraction of sp³-hybridized carbons (Fsp3) is 0.250. The van der Waals surface area contributed by atoms with Gasteiger partial charge in [-0.2, -0.15) is 0 Å². The summed E-state index contributed by atoms with van der Waals surface area (Å²) in [6.45, 7) is 0.409. The molecule has 0 fully saturated rings. The van der Waals surface area contributed by atoms with Crippen molar-refractivity contribution in [3.63, 3.8) is 0 Å². The van der Waals surface area contributed by atoms with Crippen molar-refractivity contribution < 1.29 is 0 Å². The zero-order valence-corrected chi connectivity index (χ0v) is 9.47. The Morgan fingerprint density at radius 1 is 1.62 bits per heavy atom. The zero-order chi connectivity index (χ0) is 9.68. The first-order chi connectivity index (χ1) is 6.27. The zero-order valence-electron chi connectivity index (χ0n) is 7.07. The van der Waals surface area contributed by atoms with Crippen molar-refractivity contribution in [3.05, 3.63) is 38.7 Å². The van der Waals surface area contributed by atoms with Crippen molar-refractivity contribution in [2.24, 2.45) is 5.11 Å². The summed E-state index contributed by atoms with van der Waals surface area (Å²) in [5.41, 5.74) is 9.26. The van der Waals surface area contributed by atoms with Crippen molar-refractivity contribution in [1.82, 2.24) is 0 Å². The van der Waals surface area contributed by atoms with Crippen LogP contribution in [0.1, 0.15) is 5.56 Å². The van der Waals surface area contributed by atoms with Crippen LogP contribution in [0.4, 0.5) is 0 Å². The highest BCUT2D eigenvalue weighted by molar-refractivity contribution is 9.10. The molecular formula is C8H8BrN3S. The molecule has 1 aromatic carbocycles. The smallest absolute Gasteiger partial charge is 0.0522 e. The van der Waals surface area contributed by atoms with Gasteiger partial charge in [0.15, 0.2) is 0 Å². The van der Waals surface area contributed by atoms with Crippen LogP contribution in [0.25, 0.3) is 10.4 Å². The van der Waals surface area contributed by atoms with Crippen molar-refractivity contribution in [3.8, 4) is 0 Å². The van der Waals surface area contributed by atoms with Gasteiger partial charge in [0.2, 0.25) is 0 Å². The molecule has 0 aliphatic carbocycles. The summed E-state index contributed by atoms with van der Waals surface area (Å²) in [4.78, 5) is 3.89. The minimum absolute atomic E-state index is 0.409. The van der Waals surface area contributed by atoms with Crippen LogP contribution in [-0.4, -0.2) is 6.26 Å². The number of hydrogen-bond acceptors (Lipinski definition) is 2. The molecule has 0 aliphatic heterocycles. The van der Waals surface area contributed by atoms with E-state index in [1.807, 2.05) is 24.5 Å². The Morgan fingerprint density at radius 2 is 2.38 bits per heavy atom. The maximum absolute atomic E-state index is 8.20. The van der Waals surface area contributed by atoms with Gasteiger partial charge in [0, 0.05) is 14.3 Å². The molecule has 0 bridgehead atoms. The second-order valence-electron chi connectivity index (χ2n) is 2.35. The molecule has 1 aromatic rings. The van der Waals surface area contributed by atoms with E-state index in [2.05, 4.69) is 26.0 Å². The van der Waals surface area contributed by atoms with E-state index in [1.165, 1.54) is 0 Å². The van der Waals surface area contributed by atoms with Crippen LogP contribution in [0.5, 0.6) is 0 Å². The van der Waals surface area contributed by atoms with Crippen LogP contribution in [0.3, 0.4) is 0 Å². The fourth-order valence-corrected chi connectivity index (χ4v) is 1.98. The molecule has 0 radical (unpaired) electrons. The van der Waals surface area contributed by atoms with E-state index in [1.54, 1.807) is 11.8 Å². The molecule has 0 atom stereocenters. The van der Waals surface area contributed by atoms with E-state index in [0.717, 1.165) is 14.9 Å². The van der Waals surface area contributed by atoms with Crippen molar-refractivity contribution in [2.45, 2.75) is 11.4 Å². The minimum atomic E-state index is 0.409. The van der Waals surface area contributed by atoms with E-state index < -0.39 is 0 Å². The lowest BCUT2D eigenvalue weighted by Gasteiger charge is -2.04. The van der Waals surface area contributed by atoms with E-state index in [0.29, 0.717) is 6.54 Å². The van der Waals surface area contributed by atoms with Crippen LogP contribution in [0.15, 0.2) is 32.7 Å². The Morgan fingerprint density at radius 3 is 3.00 bits per heavy atom. The maximum atomic E-state index is 8.20. The van der Waals surface area contributed by atoms with Gasteiger partial charge in [0.05, 0.1) is 6.54 Å². The van der Waals surface area contributed by atoms with E-state index in [-0.39, 0.29) is 0 Å². The van der Waals surface area contributed by atoms with Gasteiger partial charge in [0.25, 0.3) is 0 Å². The number of thioether (sulfide) groups is 1. The molecule has 0 N–H and O–H groups in total. The summed E-state index contributed by atoms with van der Waals surface area (Å²) in [7, 11) is 0. The number of halogens is 1. The summed E-state index contributed by atoms with van der Waals surface area (Å²) < 4.78 is 1.01. The van der Waals surface area contributed by atoms with Crippen LogP contribution in [-0.2, 0) is 6.54 Å². The topological polar surface area (TPSA) is 48.8 Å². The highest BCUT2D eigenvalue weighted by atomic mass is 79.9. The third-order valence-electron chi connectivity index (χ3n) is 1.55. The molecule has 0 aliphatic rings. The predicted molar refractivity (Wildman–Crippen MR) is 58.8 cm³/mol. The second kappa shape index (κ2) is 5.17. The van der Waals surface area contributed by atoms with Crippen LogP contribution in [0.2, 0.25) is 0 Å². The lowest BCUT2D eigenvalue weighted by Crippen LogP contribution is -1.84. The second-order valence-corrected chi connectivity index (χ2v) is 4.11. The minimum Gasteiger partial charge on any atom is -0.129 e. The molecule has 3 nitrogen and oxygen atoms in total. The highest BCUT2D eigenvalue weighted by Gasteiger charge is 2.00. The summed E-state index contributed by atoms with van der Waals surface area (Å²) in [6.07, 6.45) is 2.00. The lowest BCUT2D eigenvalue weighted by molar-refractivity contribution is 1.01. The third-order valence-corrected chi connectivity index (χ3v) is 2.88. The molecule has 0 aromatic heterocycles. The number of hydrogen-bond donors (Lipinski definition) is 0. The molecule has 1 rings (SSSR count). The number of rotatable bonds is 3. The van der Waals surface area contributed by atoms with E-state index in [9.17, 15) is 0 Å². The maximum Gasteiger partial charge on any atom is 0.0522 e. The Labute approximate surface area is 89.3 Å². The van der Waals surface area contributed by atoms with Gasteiger partial charge >= 0.3 is 0 Å². The molecule has 0 saturated heterocycles. The Kier molecular flexibility index (Phi) is 4.15. The van der Waals surface area contributed by atoms with Gasteiger partial charge in [-0.15, -0.1) is 11.8 Å². The lowest BCUT2D eigenvalue weighted by atomic mass is 10.2. The van der Waals surface area contributed by atoms with Crippen LogP contribution >= 0.6 is 27.7 Å². The van der Waals surface area contributed by atoms with Crippen molar-refractivity contribution in [2.75, 3.05) is 6.26 Å². The molecule has 13 heavy (non-hydrogen) atoms. The molecule has 0 amide bonds. The molecule has 0 spiro atoms. The van der Waals surface area contributed by atoms with Crippen LogP contribution < -0.4 is 0 Å². The van der Waals surface area contributed by atoms with E-state index in [4.69, 9.17) is 5.53 Å². The SMILES string of the molecule is CSc1ccc(Br)cc1CN=[N+]=[N-]. The fourth-order valence-electron chi connectivity index (χ4n) is 0.979. The van der Waals surface area contributed by atoms with Gasteiger partial charge in [-0.1, -0.05) is 21.0 Å². The molecular weight excluding hydrogens is 250 g/mol. The Hall–Kier alpha value is -0.640. The van der Waals surface area contributed by atoms with Gasteiger partial charge in [-0.05, 0) is 35.5 Å². The standard InChI is InChI=1S/C8H8BrN3S/c1-13-8-3-2-7(9)4-6(8)5-11-12-10/h2-4H,5H2,1H3. The summed E-state index contributed by atoms with van der Waals surface area (Å²) in [6, 6.07) is 5.96. The Bertz CT molecular complexity index is 347. The average Bonchev–Trinajstić information content (AvgIpc) is 2.15. The van der Waals surface area contributed by atoms with Gasteiger partial charge in [-0.25, -0.2) is 0 Å². The summed E-state index contributed by atoms with van der Waals surface area (Å²) in [5, 5.41) is 3.54. The van der Waals surface area contributed by atoms with Crippen LogP contribution in [0, 0.1) is 0 Å². The van der Waals surface area contributed by atoms with Crippen molar-refractivity contribution in [1.29, 1.82) is 0 Å². The highest BCUT2D eigenvalue weighted by Crippen LogP contribution is 2.24. The van der Waals surface area contributed by atoms with Gasteiger partial charge in [-0.3, -0.25) is 0 Å². The first-order valence-corrected chi connectivity index (χ1v) is 5.63. The largest absolute Gasteiger partial charge is 0.129 e. The normalized spacial score (nSPS) is 9.38. The van der Waals surface area contributed by atoms with Gasteiger partial charge in [0.1, 0.15) is 0 Å².